The van der Waals surface area contributed by atoms with Crippen molar-refractivity contribution in [3.63, 3.8) is 0 Å². The molecule has 0 saturated carbocycles. The van der Waals surface area contributed by atoms with Gasteiger partial charge in [-0.1, -0.05) is 0 Å². The van der Waals surface area contributed by atoms with Gasteiger partial charge in [0.15, 0.2) is 0 Å². The van der Waals surface area contributed by atoms with E-state index >= 15 is 0 Å². The maximum absolute atomic E-state index is 11.5. The first-order valence-corrected chi connectivity index (χ1v) is 8.10. The molecule has 0 aromatic heterocycles. The lowest BCUT2D eigenvalue weighted by atomic mass is 8.80. The molecule has 1 atom stereocenters. The molecule has 0 aliphatic carbocycles. The lowest BCUT2D eigenvalue weighted by Crippen LogP contribution is -2.73. The monoisotopic (exact) mass is 314 g/mol. The molecule has 2 rings (SSSR count). The predicted molar refractivity (Wildman–Crippen MR) is 82.4 cm³/mol. The van der Waals surface area contributed by atoms with Gasteiger partial charge in [-0.15, -0.1) is 0 Å². The molecule has 0 amide bonds. The highest BCUT2D eigenvalue weighted by molar-refractivity contribution is 7.88. The fourth-order valence-electron chi connectivity index (χ4n) is 2.10. The van der Waals surface area contributed by atoms with Crippen LogP contribution in [0.15, 0.2) is 0 Å². The van der Waals surface area contributed by atoms with E-state index in [-0.39, 0.29) is 0 Å². The first-order valence-electron chi connectivity index (χ1n) is 5.43. The van der Waals surface area contributed by atoms with Crippen LogP contribution in [-0.4, -0.2) is 89.1 Å². The van der Waals surface area contributed by atoms with Crippen molar-refractivity contribution in [2.75, 3.05) is 0 Å². The molecule has 20 heteroatoms. The third-order valence-corrected chi connectivity index (χ3v) is 4.70. The average Bonchev–Trinajstić information content (AvgIpc) is 2.33. The zero-order chi connectivity index (χ0) is 16.1. The Balaban J connectivity index is 2.50. The lowest BCUT2D eigenvalue weighted by Gasteiger charge is -2.49. The maximum Gasteiger partial charge on any atom is 0.370 e. The molecule has 21 heavy (non-hydrogen) atoms. The first kappa shape index (κ1) is 17.7. The molecular formula is CB10O8S2. The minimum absolute atomic E-state index is 0.691. The number of hydrogen-bond acceptors (Lipinski definition) is 8. The van der Waals surface area contributed by atoms with Gasteiger partial charge in [-0.3, -0.25) is 0 Å². The van der Waals surface area contributed by atoms with Crippen molar-refractivity contribution in [3.8, 4) is 0 Å². The van der Waals surface area contributed by atoms with E-state index in [1.54, 1.807) is 0 Å². The summed E-state index contributed by atoms with van der Waals surface area (Å²) in [5, 5.41) is -1.79. The maximum atomic E-state index is 11.5. The lowest BCUT2D eigenvalue weighted by molar-refractivity contribution is 0.369. The van der Waals surface area contributed by atoms with E-state index in [4.69, 9.17) is 30.9 Å². The van der Waals surface area contributed by atoms with Crippen LogP contribution in [0.5, 0.6) is 0 Å². The minimum Gasteiger partial charge on any atom is -0.327 e. The molecule has 1 spiro atoms. The van der Waals surface area contributed by atoms with E-state index in [9.17, 15) is 16.8 Å². The van der Waals surface area contributed by atoms with Crippen LogP contribution >= 0.6 is 0 Å². The van der Waals surface area contributed by atoms with Crippen LogP contribution in [0, 0.1) is 0 Å². The molecular weight excluding hydrogens is 312 g/mol. The molecule has 2 fully saturated rings. The van der Waals surface area contributed by atoms with Crippen LogP contribution < -0.4 is 0 Å². The van der Waals surface area contributed by atoms with Crippen LogP contribution in [0.1, 0.15) is 0 Å². The van der Waals surface area contributed by atoms with Gasteiger partial charge in [0.25, 0.3) is 20.4 Å². The van der Waals surface area contributed by atoms with E-state index in [1.807, 2.05) is 0 Å². The van der Waals surface area contributed by atoms with Crippen LogP contribution in [0.4, 0.5) is 0 Å². The van der Waals surface area contributed by atoms with Gasteiger partial charge in [0.05, 0.1) is 21.2 Å². The van der Waals surface area contributed by atoms with Crippen LogP contribution in [0.25, 0.3) is 0 Å². The summed E-state index contributed by atoms with van der Waals surface area (Å²) in [6, 6.07) is 0. The summed E-state index contributed by atoms with van der Waals surface area (Å²) in [6.07, 6.45) is -1.39. The van der Waals surface area contributed by atoms with Gasteiger partial charge in [0, 0.05) is 23.2 Å². The fraction of sp³-hybridized carbons (Fsp3) is 1.00. The SMILES string of the molecule is [B][B]B1OS(=O)(=O)OB(B([B])[B])C12[B]OS(=O)(=O)OB2[B]. The molecule has 2 saturated heterocycles. The molecule has 0 aromatic rings. The molecule has 94 valence electrons. The first-order chi connectivity index (χ1) is 9.54. The standard InChI is InChI=1S/CB10O8S2/c2-7-9-1(6-16-20(12,13)17-8(1)3)10(11(4)5)19-21(14,15)18-9. The molecule has 10 radical (unpaired) electrons. The van der Waals surface area contributed by atoms with E-state index in [0.717, 1.165) is 7.06 Å². The number of rotatable bonds is 2. The largest absolute Gasteiger partial charge is 0.370 e. The summed E-state index contributed by atoms with van der Waals surface area (Å²) in [7, 11) is 14.6. The second-order valence-corrected chi connectivity index (χ2v) is 6.75. The molecule has 2 aliphatic heterocycles. The molecule has 8 nitrogen and oxygen atoms in total. The van der Waals surface area contributed by atoms with Crippen molar-refractivity contribution in [2.45, 2.75) is 5.01 Å². The summed E-state index contributed by atoms with van der Waals surface area (Å²) in [4.78, 5) is 0. The summed E-state index contributed by atoms with van der Waals surface area (Å²) < 4.78 is 63.7. The Hall–Kier alpha value is 0.389. The van der Waals surface area contributed by atoms with E-state index in [2.05, 4.69) is 16.4 Å². The highest BCUT2D eigenvalue weighted by Crippen LogP contribution is 2.43. The van der Waals surface area contributed by atoms with Crippen molar-refractivity contribution in [1.82, 2.24) is 0 Å². The third kappa shape index (κ3) is 3.20. The Bertz CT molecular complexity index is 601. The Morgan fingerprint density at radius 1 is 1.10 bits per heavy atom. The van der Waals surface area contributed by atoms with E-state index in [0.29, 0.717) is 7.48 Å². The Morgan fingerprint density at radius 2 is 1.71 bits per heavy atom. The minimum atomic E-state index is -4.47. The molecule has 0 aromatic carbocycles. The van der Waals surface area contributed by atoms with Gasteiger partial charge in [-0.25, -0.2) is 0 Å². The molecule has 1 unspecified atom stereocenters. The third-order valence-electron chi connectivity index (χ3n) is 3.04. The molecule has 2 heterocycles. The zero-order valence-corrected chi connectivity index (χ0v) is 12.0. The van der Waals surface area contributed by atoms with Gasteiger partial charge in [0.2, 0.25) is 0 Å². The van der Waals surface area contributed by atoms with Crippen molar-refractivity contribution in [3.05, 3.63) is 0 Å². The van der Waals surface area contributed by atoms with Gasteiger partial charge < -0.3 is 16.4 Å². The topological polar surface area (TPSA) is 105 Å². The summed E-state index contributed by atoms with van der Waals surface area (Å²) >= 11 is 0. The Kier molecular flexibility index (Phi) is 4.89. The molecule has 0 bridgehead atoms. The molecule has 2 aliphatic rings. The number of hydrogen-bond donors (Lipinski definition) is 0. The Morgan fingerprint density at radius 3 is 2.19 bits per heavy atom. The van der Waals surface area contributed by atoms with Crippen molar-refractivity contribution in [1.29, 1.82) is 0 Å². The van der Waals surface area contributed by atoms with Gasteiger partial charge >= 0.3 is 28.3 Å². The van der Waals surface area contributed by atoms with Gasteiger partial charge in [-0.2, -0.15) is 16.8 Å². The normalized spacial score (nSPS) is 30.8. The summed E-state index contributed by atoms with van der Waals surface area (Å²) in [6.45, 7) is -4.66. The van der Waals surface area contributed by atoms with Crippen molar-refractivity contribution < 1.29 is 33.2 Å². The zero-order valence-electron chi connectivity index (χ0n) is 10.4. The van der Waals surface area contributed by atoms with Crippen LogP contribution in [-0.2, 0) is 37.2 Å². The predicted octanol–water partition coefficient (Wildman–Crippen LogP) is -5.21. The summed E-state index contributed by atoms with van der Waals surface area (Å²) in [5.41, 5.74) is 0. The quantitative estimate of drug-likeness (QED) is 0.466. The van der Waals surface area contributed by atoms with Crippen LogP contribution in [0.3, 0.4) is 0 Å². The smallest absolute Gasteiger partial charge is 0.327 e. The van der Waals surface area contributed by atoms with Crippen molar-refractivity contribution in [2.24, 2.45) is 0 Å². The van der Waals surface area contributed by atoms with E-state index in [1.165, 1.54) is 0 Å². The highest BCUT2D eigenvalue weighted by Gasteiger charge is 2.66. The van der Waals surface area contributed by atoms with Gasteiger partial charge in [0.1, 0.15) is 0 Å². The van der Waals surface area contributed by atoms with Crippen molar-refractivity contribution >= 4 is 93.1 Å². The van der Waals surface area contributed by atoms with Crippen LogP contribution in [0.2, 0.25) is 5.01 Å². The second kappa shape index (κ2) is 5.79. The Labute approximate surface area is 131 Å². The average molecular weight is 312 g/mol. The fourth-order valence-corrected chi connectivity index (χ4v) is 3.93. The van der Waals surface area contributed by atoms with E-state index < -0.39 is 52.6 Å². The molecule has 0 N–H and O–H groups in total. The highest BCUT2D eigenvalue weighted by atomic mass is 32.3. The summed E-state index contributed by atoms with van der Waals surface area (Å²) in [5.74, 6) is 0. The second-order valence-electron chi connectivity index (χ2n) is 4.35. The van der Waals surface area contributed by atoms with Gasteiger partial charge in [-0.05, 0) is 5.01 Å².